The van der Waals surface area contributed by atoms with Crippen molar-refractivity contribution in [2.75, 3.05) is 4.90 Å². The average Bonchev–Trinajstić information content (AvgIpc) is 3.60. The number of para-hydroxylation sites is 1. The van der Waals surface area contributed by atoms with Gasteiger partial charge in [0, 0.05) is 33.5 Å². The summed E-state index contributed by atoms with van der Waals surface area (Å²) in [7, 11) is 0. The molecule has 0 aliphatic rings. The Kier molecular flexibility index (Phi) is 11.7. The number of nitrogens with zero attached hydrogens (tertiary/aromatic N) is 2. The van der Waals surface area contributed by atoms with Gasteiger partial charge in [-0.1, -0.05) is 154 Å². The predicted octanol–water partition coefficient (Wildman–Crippen LogP) is 16.8. The van der Waals surface area contributed by atoms with E-state index in [4.69, 9.17) is 0 Å². The molecule has 0 radical (unpaired) electrons. The number of hydrogen-bond donors (Lipinski definition) is 0. The Morgan fingerprint density at radius 3 is 1.90 bits per heavy atom. The zero-order chi connectivity index (χ0) is 41.6. The van der Waals surface area contributed by atoms with Gasteiger partial charge >= 0.3 is 0 Å². The number of rotatable bonds is 9. The second kappa shape index (κ2) is 17.8. The molecule has 0 bridgehead atoms. The number of allylic oxidation sites excluding steroid dienone is 4. The highest BCUT2D eigenvalue weighted by atomic mass is 15.1. The summed E-state index contributed by atoms with van der Waals surface area (Å²) in [5, 5.41) is 5.00. The standard InChI is InChI=1S/C55H44N2.C3H8/c1-5-16-45(17-6-2)56(47-30-26-41(27-31-47)40-19-9-7-10-20-40)48-24-15-21-42(34-48)43-29-33-54-52(35-43)53-37-51-39(4)50(49-25-14-13-18-38(49)3)32-28-44(51)36-55(53)57(54)46-22-11-8-12-23-46;1-3-2/h5-37H,1H2,2-4H3;3H2,1-2H3/b17-6-,45-16+;. The molecule has 1 aromatic heterocycles. The third-order valence-electron chi connectivity index (χ3n) is 11.2. The lowest BCUT2D eigenvalue weighted by Crippen LogP contribution is -2.15. The van der Waals surface area contributed by atoms with Crippen LogP contribution in [0, 0.1) is 13.8 Å². The normalized spacial score (nSPS) is 11.6. The van der Waals surface area contributed by atoms with Gasteiger partial charge in [0.25, 0.3) is 0 Å². The van der Waals surface area contributed by atoms with Crippen LogP contribution in [0.25, 0.3) is 71.6 Å². The number of fused-ring (bicyclic) bond motifs is 4. The largest absolute Gasteiger partial charge is 0.310 e. The summed E-state index contributed by atoms with van der Waals surface area (Å²) in [6.45, 7) is 14.8. The summed E-state index contributed by atoms with van der Waals surface area (Å²) >= 11 is 0. The Labute approximate surface area is 355 Å². The van der Waals surface area contributed by atoms with Crippen molar-refractivity contribution >= 4 is 44.0 Å². The van der Waals surface area contributed by atoms with E-state index in [1.54, 1.807) is 0 Å². The van der Waals surface area contributed by atoms with Crippen LogP contribution in [0.4, 0.5) is 11.4 Å². The molecular formula is C58H52N2. The molecule has 1 heterocycles. The van der Waals surface area contributed by atoms with Gasteiger partial charge < -0.3 is 9.47 Å². The number of benzene rings is 8. The van der Waals surface area contributed by atoms with Gasteiger partial charge in [-0.3, -0.25) is 0 Å². The van der Waals surface area contributed by atoms with Crippen molar-refractivity contribution in [2.45, 2.75) is 41.0 Å². The first-order valence-electron chi connectivity index (χ1n) is 21.1. The third-order valence-corrected chi connectivity index (χ3v) is 11.2. The molecule has 60 heavy (non-hydrogen) atoms. The molecule has 294 valence electrons. The van der Waals surface area contributed by atoms with Gasteiger partial charge in [0.1, 0.15) is 0 Å². The zero-order valence-corrected chi connectivity index (χ0v) is 35.4. The first-order chi connectivity index (χ1) is 29.4. The van der Waals surface area contributed by atoms with E-state index >= 15 is 0 Å². The minimum Gasteiger partial charge on any atom is -0.310 e. The number of aromatic nitrogens is 1. The van der Waals surface area contributed by atoms with Crippen LogP contribution in [0.3, 0.4) is 0 Å². The molecule has 0 unspecified atom stereocenters. The van der Waals surface area contributed by atoms with Crippen LogP contribution in [0.5, 0.6) is 0 Å². The molecule has 2 nitrogen and oxygen atoms in total. The second-order valence-corrected chi connectivity index (χ2v) is 15.4. The molecule has 0 atom stereocenters. The molecule has 0 saturated heterocycles. The van der Waals surface area contributed by atoms with E-state index in [9.17, 15) is 0 Å². The first-order valence-corrected chi connectivity index (χ1v) is 21.1. The molecule has 0 N–H and O–H groups in total. The van der Waals surface area contributed by atoms with Crippen LogP contribution < -0.4 is 4.90 Å². The highest BCUT2D eigenvalue weighted by Gasteiger charge is 2.18. The van der Waals surface area contributed by atoms with E-state index in [0.29, 0.717) is 0 Å². The fourth-order valence-corrected chi connectivity index (χ4v) is 8.39. The van der Waals surface area contributed by atoms with Gasteiger partial charge in [0.15, 0.2) is 0 Å². The quantitative estimate of drug-likeness (QED) is 0.133. The van der Waals surface area contributed by atoms with Crippen LogP contribution >= 0.6 is 0 Å². The summed E-state index contributed by atoms with van der Waals surface area (Å²) in [5.41, 5.74) is 16.6. The van der Waals surface area contributed by atoms with E-state index in [2.05, 4.69) is 245 Å². The minimum atomic E-state index is 1.03. The molecular weight excluding hydrogens is 725 g/mol. The van der Waals surface area contributed by atoms with Crippen molar-refractivity contribution in [1.82, 2.24) is 4.57 Å². The Morgan fingerprint density at radius 2 is 1.18 bits per heavy atom. The highest BCUT2D eigenvalue weighted by molar-refractivity contribution is 6.15. The Bertz CT molecular complexity index is 3000. The molecule has 0 spiro atoms. The van der Waals surface area contributed by atoms with Crippen LogP contribution in [-0.4, -0.2) is 4.57 Å². The second-order valence-electron chi connectivity index (χ2n) is 15.4. The molecule has 8 aromatic carbocycles. The van der Waals surface area contributed by atoms with Gasteiger partial charge in [0.2, 0.25) is 0 Å². The zero-order valence-electron chi connectivity index (χ0n) is 35.4. The molecule has 9 aromatic rings. The lowest BCUT2D eigenvalue weighted by Gasteiger charge is -2.27. The average molecular weight is 777 g/mol. The maximum atomic E-state index is 4.06. The van der Waals surface area contributed by atoms with Crippen LogP contribution in [0.2, 0.25) is 0 Å². The van der Waals surface area contributed by atoms with Gasteiger partial charge in [0.05, 0.1) is 11.0 Å². The number of anilines is 2. The van der Waals surface area contributed by atoms with E-state index in [1.807, 2.05) is 6.08 Å². The van der Waals surface area contributed by atoms with Crippen LogP contribution in [-0.2, 0) is 0 Å². The van der Waals surface area contributed by atoms with Crippen LogP contribution in [0.15, 0.2) is 213 Å². The maximum Gasteiger partial charge on any atom is 0.0547 e. The summed E-state index contributed by atoms with van der Waals surface area (Å²) in [4.78, 5) is 2.31. The smallest absolute Gasteiger partial charge is 0.0547 e. The summed E-state index contributed by atoms with van der Waals surface area (Å²) < 4.78 is 2.42. The van der Waals surface area contributed by atoms with Crippen molar-refractivity contribution in [3.63, 3.8) is 0 Å². The first kappa shape index (κ1) is 39.7. The Morgan fingerprint density at radius 1 is 0.550 bits per heavy atom. The lowest BCUT2D eigenvalue weighted by molar-refractivity contribution is 1.09. The van der Waals surface area contributed by atoms with E-state index < -0.39 is 0 Å². The lowest BCUT2D eigenvalue weighted by atomic mass is 9.92. The van der Waals surface area contributed by atoms with Gasteiger partial charge in [-0.05, 0) is 149 Å². The maximum absolute atomic E-state index is 4.06. The Balaban J connectivity index is 0.00000162. The fraction of sp³-hybridized carbons (Fsp3) is 0.103. The van der Waals surface area contributed by atoms with Crippen molar-refractivity contribution in [2.24, 2.45) is 0 Å². The van der Waals surface area contributed by atoms with E-state index in [0.717, 1.165) is 28.3 Å². The molecule has 0 fully saturated rings. The summed E-state index contributed by atoms with van der Waals surface area (Å²) in [6.07, 6.45) is 9.40. The monoisotopic (exact) mass is 776 g/mol. The van der Waals surface area contributed by atoms with Gasteiger partial charge in [-0.2, -0.15) is 0 Å². The van der Waals surface area contributed by atoms with E-state index in [-0.39, 0.29) is 0 Å². The molecule has 9 rings (SSSR count). The van der Waals surface area contributed by atoms with E-state index in [1.165, 1.54) is 77.9 Å². The SMILES string of the molecule is C=C/C=C(\C=C/C)N(c1ccc(-c2ccccc2)cc1)c1cccc(-c2ccc3c(c2)c2cc4c(C)c(-c5ccccc5C)ccc4cc2n3-c2ccccc2)c1.CCC. The summed E-state index contributed by atoms with van der Waals surface area (Å²) in [6, 6.07) is 64.0. The number of hydrogen-bond acceptors (Lipinski definition) is 1. The molecule has 0 amide bonds. The van der Waals surface area contributed by atoms with Gasteiger partial charge in [-0.15, -0.1) is 0 Å². The van der Waals surface area contributed by atoms with Gasteiger partial charge in [-0.25, -0.2) is 0 Å². The van der Waals surface area contributed by atoms with Crippen molar-refractivity contribution in [3.05, 3.63) is 224 Å². The van der Waals surface area contributed by atoms with Crippen molar-refractivity contribution < 1.29 is 0 Å². The van der Waals surface area contributed by atoms with Crippen molar-refractivity contribution in [3.8, 4) is 39.1 Å². The minimum absolute atomic E-state index is 1.03. The predicted molar refractivity (Wildman–Crippen MR) is 262 cm³/mol. The molecule has 0 aliphatic heterocycles. The topological polar surface area (TPSA) is 8.17 Å². The molecule has 0 saturated carbocycles. The third kappa shape index (κ3) is 7.73. The summed E-state index contributed by atoms with van der Waals surface area (Å²) in [5.74, 6) is 0. The van der Waals surface area contributed by atoms with Crippen molar-refractivity contribution in [1.29, 1.82) is 0 Å². The molecule has 0 aliphatic carbocycles. The number of aryl methyl sites for hydroxylation is 2. The van der Waals surface area contributed by atoms with Crippen LogP contribution in [0.1, 0.15) is 38.3 Å². The molecule has 2 heteroatoms. The Hall–Kier alpha value is -7.16. The fourth-order valence-electron chi connectivity index (χ4n) is 8.39. The highest BCUT2D eigenvalue weighted by Crippen LogP contribution is 2.41.